The average molecular weight is 452 g/mol. The molecule has 3 aromatic rings. The maximum atomic E-state index is 12.7. The maximum Gasteiger partial charge on any atom is 0.273 e. The van der Waals surface area contributed by atoms with Gasteiger partial charge in [-0.3, -0.25) is 9.69 Å². The Balaban J connectivity index is 1.70. The van der Waals surface area contributed by atoms with E-state index in [2.05, 4.69) is 29.0 Å². The molecule has 1 heterocycles. The Morgan fingerprint density at radius 3 is 2.52 bits per heavy atom. The summed E-state index contributed by atoms with van der Waals surface area (Å²) >= 11 is 0. The molecule has 7 nitrogen and oxygen atoms in total. The molecule has 0 aliphatic carbocycles. The maximum absolute atomic E-state index is 12.7. The Hall–Kier alpha value is -3.32. The van der Waals surface area contributed by atoms with E-state index in [0.29, 0.717) is 19.0 Å². The summed E-state index contributed by atoms with van der Waals surface area (Å²) in [5.41, 5.74) is 2.35. The fourth-order valence-electron chi connectivity index (χ4n) is 3.58. The lowest BCUT2D eigenvalue weighted by atomic mass is 10.1. The fourth-order valence-corrected chi connectivity index (χ4v) is 3.58. The van der Waals surface area contributed by atoms with Crippen LogP contribution in [0.25, 0.3) is 0 Å². The average Bonchev–Trinajstić information content (AvgIpc) is 3.32. The molecule has 2 aromatic carbocycles. The van der Waals surface area contributed by atoms with Crippen LogP contribution in [0.3, 0.4) is 0 Å². The molecule has 0 saturated heterocycles. The summed E-state index contributed by atoms with van der Waals surface area (Å²) < 4.78 is 16.5. The number of carbonyl (C=O) groups is 1. The van der Waals surface area contributed by atoms with E-state index in [4.69, 9.17) is 13.9 Å². The quantitative estimate of drug-likeness (QED) is 0.443. The van der Waals surface area contributed by atoms with Gasteiger partial charge in [-0.05, 0) is 31.9 Å². The number of ether oxygens (including phenoxy) is 2. The number of carbonyl (C=O) groups excluding carboxylic acids is 1. The molecule has 0 bridgehead atoms. The number of hydrogen-bond acceptors (Lipinski definition) is 6. The number of aromatic nitrogens is 1. The van der Waals surface area contributed by atoms with E-state index in [0.717, 1.165) is 29.0 Å². The van der Waals surface area contributed by atoms with Crippen molar-refractivity contribution in [2.75, 3.05) is 14.2 Å². The van der Waals surface area contributed by atoms with E-state index in [1.807, 2.05) is 55.5 Å². The second-order valence-corrected chi connectivity index (χ2v) is 8.07. The van der Waals surface area contributed by atoms with E-state index >= 15 is 0 Å². The predicted molar refractivity (Wildman–Crippen MR) is 127 cm³/mol. The number of rotatable bonds is 11. The summed E-state index contributed by atoms with van der Waals surface area (Å²) in [6.45, 7) is 7.38. The SMILES string of the molecule is CC[C@@H](C)N(Cc1nc(C(=O)N[C@H](C)c2ccccc2)co1)Cc1ccc(OC)cc1OC. The van der Waals surface area contributed by atoms with Crippen LogP contribution in [0.2, 0.25) is 0 Å². The Morgan fingerprint density at radius 2 is 1.85 bits per heavy atom. The molecule has 176 valence electrons. The lowest BCUT2D eigenvalue weighted by molar-refractivity contribution is 0.0934. The zero-order valence-electron chi connectivity index (χ0n) is 20.0. The topological polar surface area (TPSA) is 76.8 Å². The van der Waals surface area contributed by atoms with Crippen molar-refractivity contribution in [1.29, 1.82) is 0 Å². The third-order valence-electron chi connectivity index (χ3n) is 5.85. The Bertz CT molecular complexity index is 1040. The van der Waals surface area contributed by atoms with Gasteiger partial charge in [-0.15, -0.1) is 0 Å². The van der Waals surface area contributed by atoms with Crippen molar-refractivity contribution in [3.63, 3.8) is 0 Å². The summed E-state index contributed by atoms with van der Waals surface area (Å²) in [7, 11) is 3.29. The second kappa shape index (κ2) is 11.5. The minimum atomic E-state index is -0.256. The molecule has 0 spiro atoms. The Labute approximate surface area is 195 Å². The molecule has 7 heteroatoms. The summed E-state index contributed by atoms with van der Waals surface area (Å²) in [6.07, 6.45) is 2.38. The van der Waals surface area contributed by atoms with Crippen molar-refractivity contribution < 1.29 is 18.7 Å². The van der Waals surface area contributed by atoms with Crippen molar-refractivity contribution in [1.82, 2.24) is 15.2 Å². The highest BCUT2D eigenvalue weighted by Gasteiger charge is 2.21. The molecule has 1 amide bonds. The first-order chi connectivity index (χ1) is 15.9. The second-order valence-electron chi connectivity index (χ2n) is 8.07. The molecule has 3 rings (SSSR count). The van der Waals surface area contributed by atoms with Gasteiger partial charge in [0, 0.05) is 24.2 Å². The van der Waals surface area contributed by atoms with Crippen molar-refractivity contribution >= 4 is 5.91 Å². The van der Waals surface area contributed by atoms with Crippen LogP contribution in [0.15, 0.2) is 59.2 Å². The van der Waals surface area contributed by atoms with Gasteiger partial charge >= 0.3 is 0 Å². The number of nitrogens with one attached hydrogen (secondary N) is 1. The fraction of sp³-hybridized carbons (Fsp3) is 0.385. The number of benzene rings is 2. The number of nitrogens with zero attached hydrogens (tertiary/aromatic N) is 2. The van der Waals surface area contributed by atoms with Gasteiger partial charge in [0.25, 0.3) is 5.91 Å². The Kier molecular flexibility index (Phi) is 8.49. The number of hydrogen-bond donors (Lipinski definition) is 1. The van der Waals surface area contributed by atoms with Crippen LogP contribution in [0.5, 0.6) is 11.5 Å². The van der Waals surface area contributed by atoms with Crippen LogP contribution in [-0.2, 0) is 13.1 Å². The third kappa shape index (κ3) is 6.35. The molecule has 0 fully saturated rings. The van der Waals surface area contributed by atoms with Gasteiger partial charge in [0.1, 0.15) is 17.8 Å². The molecule has 33 heavy (non-hydrogen) atoms. The summed E-state index contributed by atoms with van der Waals surface area (Å²) in [5.74, 6) is 1.76. The monoisotopic (exact) mass is 451 g/mol. The largest absolute Gasteiger partial charge is 0.497 e. The molecular weight excluding hydrogens is 418 g/mol. The van der Waals surface area contributed by atoms with E-state index in [-0.39, 0.29) is 23.7 Å². The molecule has 0 saturated carbocycles. The minimum absolute atomic E-state index is 0.127. The van der Waals surface area contributed by atoms with Gasteiger partial charge in [-0.2, -0.15) is 0 Å². The number of oxazole rings is 1. The molecular formula is C26H33N3O4. The summed E-state index contributed by atoms with van der Waals surface area (Å²) in [5, 5.41) is 2.98. The molecule has 1 aromatic heterocycles. The van der Waals surface area contributed by atoms with E-state index in [1.54, 1.807) is 14.2 Å². The van der Waals surface area contributed by atoms with Crippen molar-refractivity contribution in [3.8, 4) is 11.5 Å². The molecule has 0 aliphatic rings. The smallest absolute Gasteiger partial charge is 0.273 e. The van der Waals surface area contributed by atoms with E-state index in [9.17, 15) is 4.79 Å². The highest BCUT2D eigenvalue weighted by Crippen LogP contribution is 2.27. The van der Waals surface area contributed by atoms with Gasteiger partial charge in [0.15, 0.2) is 5.69 Å². The first kappa shape index (κ1) is 24.3. The van der Waals surface area contributed by atoms with Crippen molar-refractivity contribution in [2.24, 2.45) is 0 Å². The van der Waals surface area contributed by atoms with Gasteiger partial charge in [0.2, 0.25) is 5.89 Å². The zero-order valence-corrected chi connectivity index (χ0v) is 20.0. The summed E-state index contributed by atoms with van der Waals surface area (Å²) in [6, 6.07) is 15.8. The molecule has 0 unspecified atom stereocenters. The van der Waals surface area contributed by atoms with Gasteiger partial charge in [-0.1, -0.05) is 43.3 Å². The lowest BCUT2D eigenvalue weighted by Gasteiger charge is -2.27. The standard InChI is InChI=1S/C26H33N3O4/c1-6-18(2)29(15-21-12-13-22(31-4)14-24(21)32-5)16-25-28-23(17-33-25)26(30)27-19(3)20-10-8-7-9-11-20/h7-14,17-19H,6,15-16H2,1-5H3,(H,27,30)/t18-,19-/m1/s1. The minimum Gasteiger partial charge on any atom is -0.497 e. The van der Waals surface area contributed by atoms with Gasteiger partial charge in [-0.25, -0.2) is 4.98 Å². The number of methoxy groups -OCH3 is 2. The van der Waals surface area contributed by atoms with Crippen molar-refractivity contribution in [2.45, 2.75) is 52.4 Å². The molecule has 1 N–H and O–H groups in total. The predicted octanol–water partition coefficient (Wildman–Crippen LogP) is 4.98. The number of amides is 1. The molecule has 2 atom stereocenters. The Morgan fingerprint density at radius 1 is 1.09 bits per heavy atom. The van der Waals surface area contributed by atoms with Crippen LogP contribution in [0.4, 0.5) is 0 Å². The molecule has 0 radical (unpaired) electrons. The lowest BCUT2D eigenvalue weighted by Crippen LogP contribution is -2.32. The van der Waals surface area contributed by atoms with Crippen LogP contribution >= 0.6 is 0 Å². The van der Waals surface area contributed by atoms with E-state index in [1.165, 1.54) is 6.26 Å². The van der Waals surface area contributed by atoms with Crippen molar-refractivity contribution in [3.05, 3.63) is 77.5 Å². The summed E-state index contributed by atoms with van der Waals surface area (Å²) in [4.78, 5) is 19.4. The van der Waals surface area contributed by atoms with Crippen LogP contribution < -0.4 is 14.8 Å². The first-order valence-electron chi connectivity index (χ1n) is 11.2. The van der Waals surface area contributed by atoms with Crippen LogP contribution in [0.1, 0.15) is 60.7 Å². The normalized spacial score (nSPS) is 12.9. The van der Waals surface area contributed by atoms with E-state index < -0.39 is 0 Å². The molecule has 0 aliphatic heterocycles. The zero-order chi connectivity index (χ0) is 23.8. The highest BCUT2D eigenvalue weighted by molar-refractivity contribution is 5.92. The van der Waals surface area contributed by atoms with Gasteiger partial charge in [0.05, 0.1) is 26.8 Å². The van der Waals surface area contributed by atoms with Crippen LogP contribution in [0, 0.1) is 0 Å². The highest BCUT2D eigenvalue weighted by atomic mass is 16.5. The van der Waals surface area contributed by atoms with Gasteiger partial charge < -0.3 is 19.2 Å². The van der Waals surface area contributed by atoms with Crippen LogP contribution in [-0.4, -0.2) is 36.1 Å². The first-order valence-corrected chi connectivity index (χ1v) is 11.2. The third-order valence-corrected chi connectivity index (χ3v) is 5.85.